The van der Waals surface area contributed by atoms with Crippen molar-refractivity contribution in [2.45, 2.75) is 25.9 Å². The van der Waals surface area contributed by atoms with E-state index >= 15 is 0 Å². The SMILES string of the molecule is COC(C)CC(CCN)C(=O)O. The van der Waals surface area contributed by atoms with Gasteiger partial charge in [0.2, 0.25) is 0 Å². The van der Waals surface area contributed by atoms with Crippen LogP contribution in [0.1, 0.15) is 19.8 Å². The van der Waals surface area contributed by atoms with E-state index in [2.05, 4.69) is 0 Å². The standard InChI is InChI=1S/C8H17NO3/c1-6(12-2)5-7(3-4-9)8(10)11/h6-7H,3-5,9H2,1-2H3,(H,10,11). The molecular formula is C8H17NO3. The summed E-state index contributed by atoms with van der Waals surface area (Å²) in [5.41, 5.74) is 5.28. The number of hydrogen-bond donors (Lipinski definition) is 2. The minimum Gasteiger partial charge on any atom is -0.481 e. The van der Waals surface area contributed by atoms with Gasteiger partial charge >= 0.3 is 5.97 Å². The lowest BCUT2D eigenvalue weighted by Crippen LogP contribution is -2.22. The molecule has 0 amide bonds. The first-order chi connectivity index (χ1) is 5.61. The van der Waals surface area contributed by atoms with Gasteiger partial charge in [-0.15, -0.1) is 0 Å². The van der Waals surface area contributed by atoms with E-state index in [1.165, 1.54) is 0 Å². The van der Waals surface area contributed by atoms with Crippen LogP contribution in [0, 0.1) is 5.92 Å². The summed E-state index contributed by atoms with van der Waals surface area (Å²) in [5.74, 6) is -1.16. The highest BCUT2D eigenvalue weighted by Crippen LogP contribution is 2.12. The first-order valence-electron chi connectivity index (χ1n) is 4.07. The van der Waals surface area contributed by atoms with E-state index in [-0.39, 0.29) is 12.0 Å². The molecule has 0 aromatic carbocycles. The molecule has 0 radical (unpaired) electrons. The van der Waals surface area contributed by atoms with Crippen molar-refractivity contribution in [2.75, 3.05) is 13.7 Å². The van der Waals surface area contributed by atoms with E-state index < -0.39 is 5.97 Å². The van der Waals surface area contributed by atoms with Crippen molar-refractivity contribution in [3.8, 4) is 0 Å². The molecule has 0 aliphatic heterocycles. The molecular weight excluding hydrogens is 158 g/mol. The van der Waals surface area contributed by atoms with Crippen molar-refractivity contribution >= 4 is 5.97 Å². The van der Waals surface area contributed by atoms with Crippen LogP contribution in [0.15, 0.2) is 0 Å². The lowest BCUT2D eigenvalue weighted by molar-refractivity contribution is -0.143. The number of ether oxygens (including phenoxy) is 1. The number of carboxylic acid groups (broad SMARTS) is 1. The van der Waals surface area contributed by atoms with Crippen molar-refractivity contribution in [2.24, 2.45) is 11.7 Å². The summed E-state index contributed by atoms with van der Waals surface area (Å²) < 4.78 is 4.97. The molecule has 0 bridgehead atoms. The molecule has 4 nitrogen and oxygen atoms in total. The number of rotatable bonds is 6. The fourth-order valence-corrected chi connectivity index (χ4v) is 1.04. The van der Waals surface area contributed by atoms with Crippen molar-refractivity contribution in [3.05, 3.63) is 0 Å². The van der Waals surface area contributed by atoms with Gasteiger partial charge in [0.25, 0.3) is 0 Å². The first-order valence-corrected chi connectivity index (χ1v) is 4.07. The largest absolute Gasteiger partial charge is 0.481 e. The Kier molecular flexibility index (Phi) is 5.66. The Bertz CT molecular complexity index is 138. The molecule has 12 heavy (non-hydrogen) atoms. The maximum Gasteiger partial charge on any atom is 0.306 e. The van der Waals surface area contributed by atoms with E-state index in [0.29, 0.717) is 19.4 Å². The monoisotopic (exact) mass is 175 g/mol. The molecule has 0 spiro atoms. The molecule has 0 heterocycles. The molecule has 0 saturated heterocycles. The van der Waals surface area contributed by atoms with E-state index in [9.17, 15) is 4.79 Å². The third-order valence-corrected chi connectivity index (χ3v) is 1.88. The third-order valence-electron chi connectivity index (χ3n) is 1.88. The second-order valence-electron chi connectivity index (χ2n) is 2.89. The number of nitrogens with two attached hydrogens (primary N) is 1. The Morgan fingerprint density at radius 3 is 2.58 bits per heavy atom. The molecule has 4 heteroatoms. The van der Waals surface area contributed by atoms with Crippen LogP contribution in [0.5, 0.6) is 0 Å². The number of hydrogen-bond acceptors (Lipinski definition) is 3. The summed E-state index contributed by atoms with van der Waals surface area (Å²) in [5, 5.41) is 8.74. The van der Waals surface area contributed by atoms with Crippen LogP contribution >= 0.6 is 0 Å². The van der Waals surface area contributed by atoms with Gasteiger partial charge in [0.05, 0.1) is 12.0 Å². The Morgan fingerprint density at radius 2 is 2.25 bits per heavy atom. The Hall–Kier alpha value is -0.610. The first kappa shape index (κ1) is 11.4. The van der Waals surface area contributed by atoms with Gasteiger partial charge in [0.1, 0.15) is 0 Å². The molecule has 0 saturated carbocycles. The maximum absolute atomic E-state index is 10.6. The van der Waals surface area contributed by atoms with Crippen molar-refractivity contribution in [3.63, 3.8) is 0 Å². The van der Waals surface area contributed by atoms with Crippen molar-refractivity contribution < 1.29 is 14.6 Å². The van der Waals surface area contributed by atoms with Gasteiger partial charge in [-0.3, -0.25) is 4.79 Å². The lowest BCUT2D eigenvalue weighted by Gasteiger charge is -2.15. The zero-order valence-corrected chi connectivity index (χ0v) is 7.62. The molecule has 0 aromatic rings. The zero-order valence-electron chi connectivity index (χ0n) is 7.62. The number of carbonyl (C=O) groups is 1. The van der Waals surface area contributed by atoms with Crippen LogP contribution < -0.4 is 5.73 Å². The summed E-state index contributed by atoms with van der Waals surface area (Å²) in [7, 11) is 1.58. The smallest absolute Gasteiger partial charge is 0.306 e. The summed E-state index contributed by atoms with van der Waals surface area (Å²) in [6, 6.07) is 0. The number of carboxylic acids is 1. The van der Waals surface area contributed by atoms with Crippen LogP contribution in [-0.2, 0) is 9.53 Å². The minimum atomic E-state index is -0.788. The molecule has 0 aliphatic carbocycles. The molecule has 0 aliphatic rings. The predicted octanol–water partition coefficient (Wildman–Crippen LogP) is 0.461. The Labute approximate surface area is 72.7 Å². The van der Waals surface area contributed by atoms with Gasteiger partial charge in [-0.05, 0) is 26.3 Å². The third kappa shape index (κ3) is 4.31. The maximum atomic E-state index is 10.6. The molecule has 0 aromatic heterocycles. The van der Waals surface area contributed by atoms with Gasteiger partial charge in [0, 0.05) is 7.11 Å². The molecule has 0 rings (SSSR count). The average molecular weight is 175 g/mol. The molecule has 0 fully saturated rings. The van der Waals surface area contributed by atoms with Gasteiger partial charge in [-0.1, -0.05) is 0 Å². The van der Waals surface area contributed by atoms with Crippen LogP contribution in [0.2, 0.25) is 0 Å². The normalized spacial score (nSPS) is 15.6. The van der Waals surface area contributed by atoms with Crippen LogP contribution in [0.25, 0.3) is 0 Å². The van der Waals surface area contributed by atoms with Crippen LogP contribution in [-0.4, -0.2) is 30.8 Å². The minimum absolute atomic E-state index is 0.0161. The van der Waals surface area contributed by atoms with E-state index in [4.69, 9.17) is 15.6 Å². The van der Waals surface area contributed by atoms with Gasteiger partial charge < -0.3 is 15.6 Å². The van der Waals surface area contributed by atoms with Crippen molar-refractivity contribution in [1.82, 2.24) is 0 Å². The highest BCUT2D eigenvalue weighted by Gasteiger charge is 2.18. The molecule has 2 unspecified atom stereocenters. The fraction of sp³-hybridized carbons (Fsp3) is 0.875. The van der Waals surface area contributed by atoms with Gasteiger partial charge in [-0.25, -0.2) is 0 Å². The zero-order chi connectivity index (χ0) is 9.56. The van der Waals surface area contributed by atoms with Crippen LogP contribution in [0.3, 0.4) is 0 Å². The van der Waals surface area contributed by atoms with E-state index in [0.717, 1.165) is 0 Å². The predicted molar refractivity (Wildman–Crippen MR) is 45.9 cm³/mol. The molecule has 72 valence electrons. The van der Waals surface area contributed by atoms with E-state index in [1.54, 1.807) is 7.11 Å². The lowest BCUT2D eigenvalue weighted by atomic mass is 9.99. The highest BCUT2D eigenvalue weighted by molar-refractivity contribution is 5.69. The Morgan fingerprint density at radius 1 is 1.67 bits per heavy atom. The van der Waals surface area contributed by atoms with E-state index in [1.807, 2.05) is 6.92 Å². The summed E-state index contributed by atoms with van der Waals surface area (Å²) >= 11 is 0. The number of aliphatic carboxylic acids is 1. The van der Waals surface area contributed by atoms with Gasteiger partial charge in [-0.2, -0.15) is 0 Å². The summed E-state index contributed by atoms with van der Waals surface area (Å²) in [6.45, 7) is 2.26. The molecule has 2 atom stereocenters. The van der Waals surface area contributed by atoms with Crippen molar-refractivity contribution in [1.29, 1.82) is 0 Å². The summed E-state index contributed by atoms with van der Waals surface area (Å²) in [6.07, 6.45) is 1.03. The second-order valence-corrected chi connectivity index (χ2v) is 2.89. The molecule has 3 N–H and O–H groups in total. The topological polar surface area (TPSA) is 72.5 Å². The Balaban J connectivity index is 3.86. The fourth-order valence-electron chi connectivity index (χ4n) is 1.04. The number of methoxy groups -OCH3 is 1. The quantitative estimate of drug-likeness (QED) is 0.615. The van der Waals surface area contributed by atoms with Gasteiger partial charge in [0.15, 0.2) is 0 Å². The summed E-state index contributed by atoms with van der Waals surface area (Å²) in [4.78, 5) is 10.6. The van der Waals surface area contributed by atoms with Crippen LogP contribution in [0.4, 0.5) is 0 Å². The highest BCUT2D eigenvalue weighted by atomic mass is 16.5. The second kappa shape index (κ2) is 5.97. The average Bonchev–Trinajstić information content (AvgIpc) is 2.03.